The van der Waals surface area contributed by atoms with E-state index in [1.807, 2.05) is 6.07 Å². The standard InChI is InChI=1S/C13H13ClN2O2S/c14-9-3-4-11(15)12(6-9)19-8-13(17)16-7-10-2-1-5-18-10/h1-6H,7-8,15H2,(H,16,17). The number of anilines is 1. The fraction of sp³-hybridized carbons (Fsp3) is 0.154. The molecule has 0 aliphatic heterocycles. The van der Waals surface area contributed by atoms with Crippen LogP contribution in [0, 0.1) is 0 Å². The number of benzene rings is 1. The molecule has 0 atom stereocenters. The Hall–Kier alpha value is -1.59. The fourth-order valence-corrected chi connectivity index (χ4v) is 2.50. The van der Waals surface area contributed by atoms with E-state index in [-0.39, 0.29) is 11.7 Å². The van der Waals surface area contributed by atoms with Crippen molar-refractivity contribution in [2.75, 3.05) is 11.5 Å². The predicted molar refractivity (Wildman–Crippen MR) is 77.1 cm³/mol. The molecule has 0 spiro atoms. The highest BCUT2D eigenvalue weighted by Gasteiger charge is 2.06. The van der Waals surface area contributed by atoms with Crippen LogP contribution in [0.25, 0.3) is 0 Å². The molecule has 1 aromatic carbocycles. The van der Waals surface area contributed by atoms with Crippen molar-refractivity contribution in [1.82, 2.24) is 5.32 Å². The number of thioether (sulfide) groups is 1. The van der Waals surface area contributed by atoms with E-state index in [1.54, 1.807) is 30.5 Å². The Morgan fingerprint density at radius 3 is 3.00 bits per heavy atom. The number of hydrogen-bond acceptors (Lipinski definition) is 4. The zero-order chi connectivity index (χ0) is 13.7. The van der Waals surface area contributed by atoms with Gasteiger partial charge >= 0.3 is 0 Å². The second-order valence-corrected chi connectivity index (χ2v) is 5.28. The Kier molecular flexibility index (Phi) is 4.76. The maximum atomic E-state index is 11.7. The lowest BCUT2D eigenvalue weighted by Gasteiger charge is -2.06. The van der Waals surface area contributed by atoms with Gasteiger partial charge in [0.25, 0.3) is 0 Å². The van der Waals surface area contributed by atoms with Gasteiger partial charge in [-0.05, 0) is 30.3 Å². The van der Waals surface area contributed by atoms with Gasteiger partial charge < -0.3 is 15.5 Å². The fourth-order valence-electron chi connectivity index (χ4n) is 1.43. The second-order valence-electron chi connectivity index (χ2n) is 3.83. The normalized spacial score (nSPS) is 10.4. The zero-order valence-electron chi connectivity index (χ0n) is 10.1. The number of carbonyl (C=O) groups is 1. The third-order valence-corrected chi connectivity index (χ3v) is 3.68. The molecule has 0 aliphatic carbocycles. The summed E-state index contributed by atoms with van der Waals surface area (Å²) in [5.41, 5.74) is 6.42. The molecule has 2 aromatic rings. The van der Waals surface area contributed by atoms with Crippen LogP contribution in [-0.2, 0) is 11.3 Å². The zero-order valence-corrected chi connectivity index (χ0v) is 11.6. The van der Waals surface area contributed by atoms with Gasteiger partial charge in [-0.3, -0.25) is 4.79 Å². The van der Waals surface area contributed by atoms with Gasteiger partial charge in [0.15, 0.2) is 0 Å². The minimum absolute atomic E-state index is 0.0826. The van der Waals surface area contributed by atoms with Crippen LogP contribution in [0.5, 0.6) is 0 Å². The molecule has 0 unspecified atom stereocenters. The van der Waals surface area contributed by atoms with Crippen LogP contribution in [-0.4, -0.2) is 11.7 Å². The van der Waals surface area contributed by atoms with Crippen LogP contribution < -0.4 is 11.1 Å². The van der Waals surface area contributed by atoms with E-state index in [1.165, 1.54) is 11.8 Å². The van der Waals surface area contributed by atoms with Crippen LogP contribution in [0.1, 0.15) is 5.76 Å². The SMILES string of the molecule is Nc1ccc(Cl)cc1SCC(=O)NCc1ccco1. The van der Waals surface area contributed by atoms with E-state index in [0.717, 1.165) is 10.7 Å². The number of carbonyl (C=O) groups excluding carboxylic acids is 1. The summed E-state index contributed by atoms with van der Waals surface area (Å²) >= 11 is 7.23. The summed E-state index contributed by atoms with van der Waals surface area (Å²) in [6.07, 6.45) is 1.57. The van der Waals surface area contributed by atoms with E-state index in [0.29, 0.717) is 17.3 Å². The number of furan rings is 1. The number of nitrogens with one attached hydrogen (secondary N) is 1. The lowest BCUT2D eigenvalue weighted by molar-refractivity contribution is -0.118. The van der Waals surface area contributed by atoms with Crippen molar-refractivity contribution >= 4 is 35.0 Å². The van der Waals surface area contributed by atoms with Gasteiger partial charge in [0.2, 0.25) is 5.91 Å². The highest BCUT2D eigenvalue weighted by molar-refractivity contribution is 8.00. The summed E-state index contributed by atoms with van der Waals surface area (Å²) in [5.74, 6) is 0.923. The molecule has 0 radical (unpaired) electrons. The van der Waals surface area contributed by atoms with E-state index in [4.69, 9.17) is 21.8 Å². The van der Waals surface area contributed by atoms with Crippen molar-refractivity contribution in [2.24, 2.45) is 0 Å². The van der Waals surface area contributed by atoms with Gasteiger partial charge in [-0.15, -0.1) is 11.8 Å². The van der Waals surface area contributed by atoms with Crippen molar-refractivity contribution < 1.29 is 9.21 Å². The minimum Gasteiger partial charge on any atom is -0.467 e. The molecule has 3 N–H and O–H groups in total. The second kappa shape index (κ2) is 6.54. The monoisotopic (exact) mass is 296 g/mol. The summed E-state index contributed by atoms with van der Waals surface area (Å²) in [7, 11) is 0. The number of nitrogen functional groups attached to an aromatic ring is 1. The van der Waals surface area contributed by atoms with Gasteiger partial charge in [-0.1, -0.05) is 11.6 Å². The first-order valence-electron chi connectivity index (χ1n) is 5.62. The molecule has 0 bridgehead atoms. The smallest absolute Gasteiger partial charge is 0.230 e. The number of hydrogen-bond donors (Lipinski definition) is 2. The Bertz CT molecular complexity index is 558. The number of halogens is 1. The Balaban J connectivity index is 1.81. The number of rotatable bonds is 5. The highest BCUT2D eigenvalue weighted by Crippen LogP contribution is 2.27. The van der Waals surface area contributed by atoms with Crippen molar-refractivity contribution in [3.63, 3.8) is 0 Å². The first-order chi connectivity index (χ1) is 9.15. The average Bonchev–Trinajstić information content (AvgIpc) is 2.90. The summed E-state index contributed by atoms with van der Waals surface area (Å²) < 4.78 is 5.12. The Labute approximate surface area is 120 Å². The van der Waals surface area contributed by atoms with E-state index in [2.05, 4.69) is 5.32 Å². The first-order valence-corrected chi connectivity index (χ1v) is 6.98. The van der Waals surface area contributed by atoms with Crippen molar-refractivity contribution in [3.05, 3.63) is 47.4 Å². The largest absolute Gasteiger partial charge is 0.467 e. The summed E-state index contributed by atoms with van der Waals surface area (Å²) in [4.78, 5) is 12.5. The van der Waals surface area contributed by atoms with Crippen LogP contribution in [0.4, 0.5) is 5.69 Å². The van der Waals surface area contributed by atoms with Crippen LogP contribution in [0.2, 0.25) is 5.02 Å². The minimum atomic E-state index is -0.0826. The average molecular weight is 297 g/mol. The van der Waals surface area contributed by atoms with Gasteiger partial charge in [-0.2, -0.15) is 0 Å². The maximum absolute atomic E-state index is 11.7. The molecule has 1 amide bonds. The lowest BCUT2D eigenvalue weighted by atomic mass is 10.3. The van der Waals surface area contributed by atoms with Crippen LogP contribution in [0.15, 0.2) is 45.9 Å². The first kappa shape index (κ1) is 13.8. The molecule has 100 valence electrons. The maximum Gasteiger partial charge on any atom is 0.230 e. The van der Waals surface area contributed by atoms with Crippen molar-refractivity contribution in [1.29, 1.82) is 0 Å². The van der Waals surface area contributed by atoms with Crippen molar-refractivity contribution in [2.45, 2.75) is 11.4 Å². The van der Waals surface area contributed by atoms with Crippen molar-refractivity contribution in [3.8, 4) is 0 Å². The van der Waals surface area contributed by atoms with Gasteiger partial charge in [0, 0.05) is 15.6 Å². The van der Waals surface area contributed by atoms with Gasteiger partial charge in [0.05, 0.1) is 18.6 Å². The van der Waals surface area contributed by atoms with Crippen LogP contribution in [0.3, 0.4) is 0 Å². The molecular weight excluding hydrogens is 284 g/mol. The lowest BCUT2D eigenvalue weighted by Crippen LogP contribution is -2.24. The summed E-state index contributed by atoms with van der Waals surface area (Å²) in [6, 6.07) is 8.79. The summed E-state index contributed by atoms with van der Waals surface area (Å²) in [5, 5.41) is 3.37. The topological polar surface area (TPSA) is 68.3 Å². The van der Waals surface area contributed by atoms with E-state index < -0.39 is 0 Å². The van der Waals surface area contributed by atoms with E-state index >= 15 is 0 Å². The quantitative estimate of drug-likeness (QED) is 0.657. The van der Waals surface area contributed by atoms with Gasteiger partial charge in [0.1, 0.15) is 5.76 Å². The number of amides is 1. The highest BCUT2D eigenvalue weighted by atomic mass is 35.5. The molecule has 0 saturated heterocycles. The molecular formula is C13H13ClN2O2S. The van der Waals surface area contributed by atoms with E-state index in [9.17, 15) is 4.79 Å². The Morgan fingerprint density at radius 2 is 2.26 bits per heavy atom. The third kappa shape index (κ3) is 4.22. The molecule has 0 fully saturated rings. The molecule has 1 aromatic heterocycles. The molecule has 6 heteroatoms. The molecule has 19 heavy (non-hydrogen) atoms. The molecule has 0 aliphatic rings. The predicted octanol–water partition coefficient (Wildman–Crippen LogP) is 2.92. The third-order valence-electron chi connectivity index (χ3n) is 2.37. The summed E-state index contributed by atoms with van der Waals surface area (Å²) in [6.45, 7) is 0.386. The molecule has 2 rings (SSSR count). The Morgan fingerprint density at radius 1 is 1.42 bits per heavy atom. The molecule has 1 heterocycles. The molecule has 4 nitrogen and oxygen atoms in total. The number of nitrogens with two attached hydrogens (primary N) is 1. The van der Waals surface area contributed by atoms with Gasteiger partial charge in [-0.25, -0.2) is 0 Å². The van der Waals surface area contributed by atoms with Crippen LogP contribution >= 0.6 is 23.4 Å². The molecule has 0 saturated carbocycles.